The summed E-state index contributed by atoms with van der Waals surface area (Å²) in [4.78, 5) is 12.6. The Balaban J connectivity index is 2.12. The minimum absolute atomic E-state index is 0.167. The highest BCUT2D eigenvalue weighted by Crippen LogP contribution is 2.18. The lowest BCUT2D eigenvalue weighted by molar-refractivity contribution is 0.103. The van der Waals surface area contributed by atoms with Crippen molar-refractivity contribution in [3.8, 4) is 11.5 Å². The predicted octanol–water partition coefficient (Wildman–Crippen LogP) is 5.15. The van der Waals surface area contributed by atoms with Gasteiger partial charge in [0, 0.05) is 11.1 Å². The minimum atomic E-state index is -1.36. The standard InChI is InChI=1S/C20H24OSi/c1-22(2,3)16-15-17-11-13-19(14-12-17)20(21)18-9-7-5-4-6-8-10-18/h4-5,10-14H,6-9H2,1-3H3/b5-4-,18-10+. The fraction of sp³-hybridized carbons (Fsp3) is 0.350. The van der Waals surface area contributed by atoms with Gasteiger partial charge in [-0.05, 0) is 55.5 Å². The van der Waals surface area contributed by atoms with E-state index in [9.17, 15) is 4.79 Å². The Hall–Kier alpha value is -1.85. The van der Waals surface area contributed by atoms with Crippen molar-refractivity contribution in [1.82, 2.24) is 0 Å². The quantitative estimate of drug-likeness (QED) is 0.319. The van der Waals surface area contributed by atoms with E-state index in [1.165, 1.54) is 0 Å². The third-order valence-corrected chi connectivity index (χ3v) is 4.37. The molecule has 0 unspecified atom stereocenters. The smallest absolute Gasteiger partial charge is 0.188 e. The van der Waals surface area contributed by atoms with Gasteiger partial charge < -0.3 is 0 Å². The van der Waals surface area contributed by atoms with Gasteiger partial charge in [-0.3, -0.25) is 4.79 Å². The summed E-state index contributed by atoms with van der Waals surface area (Å²) >= 11 is 0. The van der Waals surface area contributed by atoms with Crippen LogP contribution in [-0.2, 0) is 0 Å². The predicted molar refractivity (Wildman–Crippen MR) is 96.7 cm³/mol. The van der Waals surface area contributed by atoms with Crippen molar-refractivity contribution in [3.05, 3.63) is 59.2 Å². The summed E-state index contributed by atoms with van der Waals surface area (Å²) < 4.78 is 0. The summed E-state index contributed by atoms with van der Waals surface area (Å²) in [6.45, 7) is 6.69. The molecular formula is C20H24OSi. The van der Waals surface area contributed by atoms with Crippen LogP contribution >= 0.6 is 0 Å². The largest absolute Gasteiger partial charge is 0.289 e. The fourth-order valence-electron chi connectivity index (χ4n) is 2.29. The van der Waals surface area contributed by atoms with Gasteiger partial charge in [0.2, 0.25) is 0 Å². The molecule has 22 heavy (non-hydrogen) atoms. The zero-order chi connectivity index (χ0) is 16.0. The van der Waals surface area contributed by atoms with E-state index in [2.05, 4.69) is 49.3 Å². The summed E-state index contributed by atoms with van der Waals surface area (Å²) in [5, 5.41) is 0. The second kappa shape index (κ2) is 7.42. The van der Waals surface area contributed by atoms with E-state index in [0.29, 0.717) is 0 Å². The van der Waals surface area contributed by atoms with Crippen LogP contribution in [0.4, 0.5) is 0 Å². The van der Waals surface area contributed by atoms with Crippen LogP contribution in [-0.4, -0.2) is 13.9 Å². The van der Waals surface area contributed by atoms with E-state index < -0.39 is 8.07 Å². The molecule has 1 aromatic carbocycles. The highest BCUT2D eigenvalue weighted by atomic mass is 28.3. The Kier molecular flexibility index (Phi) is 5.57. The van der Waals surface area contributed by atoms with Crippen LogP contribution in [0, 0.1) is 11.5 Å². The highest BCUT2D eigenvalue weighted by molar-refractivity contribution is 6.83. The van der Waals surface area contributed by atoms with E-state index in [4.69, 9.17) is 0 Å². The third kappa shape index (κ3) is 5.16. The maximum absolute atomic E-state index is 12.6. The Morgan fingerprint density at radius 2 is 1.68 bits per heavy atom. The number of allylic oxidation sites excluding steroid dienone is 4. The van der Waals surface area contributed by atoms with E-state index in [1.807, 2.05) is 24.3 Å². The molecule has 0 spiro atoms. The Morgan fingerprint density at radius 1 is 1.00 bits per heavy atom. The number of ketones is 1. The maximum Gasteiger partial charge on any atom is 0.188 e. The molecule has 1 aliphatic carbocycles. The Morgan fingerprint density at radius 3 is 2.36 bits per heavy atom. The molecule has 0 N–H and O–H groups in total. The van der Waals surface area contributed by atoms with Crippen molar-refractivity contribution in [1.29, 1.82) is 0 Å². The maximum atomic E-state index is 12.6. The lowest BCUT2D eigenvalue weighted by atomic mass is 9.96. The molecule has 0 aliphatic heterocycles. The van der Waals surface area contributed by atoms with Crippen molar-refractivity contribution in [2.45, 2.75) is 45.3 Å². The summed E-state index contributed by atoms with van der Waals surface area (Å²) in [5.41, 5.74) is 6.07. The van der Waals surface area contributed by atoms with Gasteiger partial charge in [-0.2, -0.15) is 0 Å². The molecule has 114 valence electrons. The molecule has 2 heteroatoms. The normalized spacial score (nSPS) is 19.0. The van der Waals surface area contributed by atoms with Gasteiger partial charge in [-0.25, -0.2) is 0 Å². The second-order valence-electron chi connectivity index (χ2n) is 6.72. The van der Waals surface area contributed by atoms with Crippen LogP contribution in [0.3, 0.4) is 0 Å². The second-order valence-corrected chi connectivity index (χ2v) is 11.5. The van der Waals surface area contributed by atoms with E-state index in [-0.39, 0.29) is 5.78 Å². The molecule has 0 heterocycles. The average Bonchev–Trinajstić information content (AvgIpc) is 2.44. The van der Waals surface area contributed by atoms with E-state index in [1.54, 1.807) is 0 Å². The van der Waals surface area contributed by atoms with Crippen molar-refractivity contribution in [2.75, 3.05) is 0 Å². The number of Topliss-reactive ketones (excluding diaryl/α,β-unsaturated/α-hetero) is 1. The molecule has 0 bridgehead atoms. The molecular weight excluding hydrogens is 284 g/mol. The van der Waals surface area contributed by atoms with Crippen LogP contribution in [0.15, 0.2) is 48.1 Å². The van der Waals surface area contributed by atoms with Crippen LogP contribution in [0.1, 0.15) is 41.6 Å². The zero-order valence-electron chi connectivity index (χ0n) is 13.8. The monoisotopic (exact) mass is 308 g/mol. The highest BCUT2D eigenvalue weighted by Gasteiger charge is 2.12. The number of carbonyl (C=O) groups excluding carboxylic acids is 1. The summed E-state index contributed by atoms with van der Waals surface area (Å²) in [6.07, 6.45) is 10.3. The summed E-state index contributed by atoms with van der Waals surface area (Å²) in [5.74, 6) is 3.39. The molecule has 0 fully saturated rings. The molecule has 1 aliphatic rings. The van der Waals surface area contributed by atoms with E-state index >= 15 is 0 Å². The average molecular weight is 308 g/mol. The number of benzene rings is 1. The Bertz CT molecular complexity index is 646. The lowest BCUT2D eigenvalue weighted by Gasteiger charge is -2.08. The van der Waals surface area contributed by atoms with Gasteiger partial charge in [0.1, 0.15) is 8.07 Å². The van der Waals surface area contributed by atoms with Crippen molar-refractivity contribution in [3.63, 3.8) is 0 Å². The number of rotatable bonds is 2. The SMILES string of the molecule is C[Si](C)(C)C#Cc1ccc(C(=O)/C2=C/CC/C=C\CC2)cc1. The van der Waals surface area contributed by atoms with E-state index in [0.717, 1.165) is 42.4 Å². The van der Waals surface area contributed by atoms with Gasteiger partial charge >= 0.3 is 0 Å². The van der Waals surface area contributed by atoms with Crippen molar-refractivity contribution >= 4 is 13.9 Å². The number of carbonyl (C=O) groups is 1. The first-order valence-corrected chi connectivity index (χ1v) is 11.5. The molecule has 2 rings (SSSR count). The molecule has 0 saturated carbocycles. The first-order valence-electron chi connectivity index (χ1n) is 7.98. The molecule has 1 nitrogen and oxygen atoms in total. The molecule has 1 aromatic rings. The number of hydrogen-bond acceptors (Lipinski definition) is 1. The van der Waals surface area contributed by atoms with Gasteiger partial charge in [0.05, 0.1) is 0 Å². The first-order chi connectivity index (χ1) is 10.5. The molecule has 0 saturated heterocycles. The van der Waals surface area contributed by atoms with Crippen LogP contribution < -0.4 is 0 Å². The molecule has 0 radical (unpaired) electrons. The number of hydrogen-bond donors (Lipinski definition) is 0. The minimum Gasteiger partial charge on any atom is -0.289 e. The van der Waals surface area contributed by atoms with Gasteiger partial charge in [-0.15, -0.1) is 5.54 Å². The van der Waals surface area contributed by atoms with Crippen LogP contribution in [0.2, 0.25) is 19.6 Å². The van der Waals surface area contributed by atoms with Gasteiger partial charge in [0.25, 0.3) is 0 Å². The van der Waals surface area contributed by atoms with Gasteiger partial charge in [0.15, 0.2) is 5.78 Å². The van der Waals surface area contributed by atoms with Crippen molar-refractivity contribution in [2.24, 2.45) is 0 Å². The summed E-state index contributed by atoms with van der Waals surface area (Å²) in [6, 6.07) is 7.74. The van der Waals surface area contributed by atoms with Crippen LogP contribution in [0.5, 0.6) is 0 Å². The molecule has 0 atom stereocenters. The third-order valence-electron chi connectivity index (χ3n) is 3.49. The summed E-state index contributed by atoms with van der Waals surface area (Å²) in [7, 11) is -1.36. The molecule has 0 amide bonds. The molecule has 0 aromatic heterocycles. The lowest BCUT2D eigenvalue weighted by Crippen LogP contribution is -2.16. The van der Waals surface area contributed by atoms with Gasteiger partial charge in [-0.1, -0.05) is 43.8 Å². The fourth-order valence-corrected chi connectivity index (χ4v) is 2.81. The van der Waals surface area contributed by atoms with Crippen LogP contribution in [0.25, 0.3) is 0 Å². The Labute approximate surface area is 135 Å². The topological polar surface area (TPSA) is 17.1 Å². The zero-order valence-corrected chi connectivity index (χ0v) is 14.8. The first kappa shape index (κ1) is 16.5. The van der Waals surface area contributed by atoms with Crippen molar-refractivity contribution < 1.29 is 4.79 Å².